The summed E-state index contributed by atoms with van der Waals surface area (Å²) in [6, 6.07) is 26.4. The third kappa shape index (κ3) is 2.22. The topological polar surface area (TPSA) is 0 Å². The Balaban J connectivity index is 2.13. The normalized spacial score (nSPS) is 11.2. The largest absolute Gasteiger partial charge is 0.0616 e. The average Bonchev–Trinajstić information content (AvgIpc) is 2.61. The number of hydrogen-bond donors (Lipinski definition) is 0. The zero-order valence-corrected chi connectivity index (χ0v) is 13.6. The monoisotopic (exact) mass is 296 g/mol. The molecular weight excluding hydrogens is 276 g/mol. The maximum atomic E-state index is 2.30. The summed E-state index contributed by atoms with van der Waals surface area (Å²) in [5.41, 5.74) is 5.54. The summed E-state index contributed by atoms with van der Waals surface area (Å²) in [6.45, 7) is 4.47. The van der Waals surface area contributed by atoms with E-state index in [0.717, 1.165) is 6.42 Å². The van der Waals surface area contributed by atoms with E-state index < -0.39 is 0 Å². The molecule has 4 aromatic carbocycles. The summed E-state index contributed by atoms with van der Waals surface area (Å²) in [4.78, 5) is 0. The molecule has 0 saturated carbocycles. The Bertz CT molecular complexity index is 1010. The molecule has 4 rings (SSSR count). The van der Waals surface area contributed by atoms with Crippen LogP contribution in [0.15, 0.2) is 72.8 Å². The molecule has 0 amide bonds. The molecular formula is C23H20. The van der Waals surface area contributed by atoms with Crippen LogP contribution in [0, 0.1) is 6.92 Å². The van der Waals surface area contributed by atoms with Crippen molar-refractivity contribution in [3.8, 4) is 11.1 Å². The average molecular weight is 296 g/mol. The summed E-state index contributed by atoms with van der Waals surface area (Å²) < 4.78 is 0. The van der Waals surface area contributed by atoms with E-state index in [1.165, 1.54) is 43.8 Å². The smallest absolute Gasteiger partial charge is 0.00731 e. The highest BCUT2D eigenvalue weighted by Gasteiger charge is 2.12. The van der Waals surface area contributed by atoms with Gasteiger partial charge in [-0.3, -0.25) is 0 Å². The van der Waals surface area contributed by atoms with Crippen LogP contribution in [0.3, 0.4) is 0 Å². The second-order valence-electron chi connectivity index (χ2n) is 6.14. The number of fused-ring (bicyclic) bond motifs is 2. The van der Waals surface area contributed by atoms with Crippen molar-refractivity contribution in [3.63, 3.8) is 0 Å². The van der Waals surface area contributed by atoms with Gasteiger partial charge in [0.05, 0.1) is 0 Å². The van der Waals surface area contributed by atoms with Crippen LogP contribution in [0.25, 0.3) is 32.7 Å². The molecule has 0 spiro atoms. The van der Waals surface area contributed by atoms with Crippen LogP contribution in [-0.4, -0.2) is 0 Å². The number of rotatable bonds is 2. The third-order valence-corrected chi connectivity index (χ3v) is 4.80. The van der Waals surface area contributed by atoms with Crippen molar-refractivity contribution in [2.45, 2.75) is 20.3 Å². The molecule has 0 N–H and O–H groups in total. The first-order chi connectivity index (χ1) is 11.3. The van der Waals surface area contributed by atoms with Crippen LogP contribution in [0.4, 0.5) is 0 Å². The highest BCUT2D eigenvalue weighted by Crippen LogP contribution is 2.37. The van der Waals surface area contributed by atoms with Crippen LogP contribution < -0.4 is 0 Å². The summed E-state index contributed by atoms with van der Waals surface area (Å²) in [6.07, 6.45) is 1.04. The lowest BCUT2D eigenvalue weighted by molar-refractivity contribution is 1.16. The molecule has 0 unspecified atom stereocenters. The van der Waals surface area contributed by atoms with Gasteiger partial charge in [0.15, 0.2) is 0 Å². The van der Waals surface area contributed by atoms with Gasteiger partial charge in [0.1, 0.15) is 0 Å². The lowest BCUT2D eigenvalue weighted by Gasteiger charge is -2.16. The first-order valence-corrected chi connectivity index (χ1v) is 8.29. The molecule has 0 radical (unpaired) electrons. The molecule has 0 fully saturated rings. The van der Waals surface area contributed by atoms with Crippen LogP contribution in [0.1, 0.15) is 18.1 Å². The lowest BCUT2D eigenvalue weighted by atomic mass is 9.88. The van der Waals surface area contributed by atoms with E-state index in [1.54, 1.807) is 0 Å². The van der Waals surface area contributed by atoms with Gasteiger partial charge in [-0.15, -0.1) is 0 Å². The van der Waals surface area contributed by atoms with Gasteiger partial charge in [0, 0.05) is 0 Å². The fraction of sp³-hybridized carbons (Fsp3) is 0.130. The number of aryl methyl sites for hydroxylation is 2. The van der Waals surface area contributed by atoms with Gasteiger partial charge in [-0.25, -0.2) is 0 Å². The van der Waals surface area contributed by atoms with Crippen molar-refractivity contribution in [1.29, 1.82) is 0 Å². The van der Waals surface area contributed by atoms with Gasteiger partial charge >= 0.3 is 0 Å². The van der Waals surface area contributed by atoms with Crippen LogP contribution in [0.2, 0.25) is 0 Å². The zero-order valence-electron chi connectivity index (χ0n) is 13.6. The molecule has 0 atom stereocenters. The Kier molecular flexibility index (Phi) is 3.38. The second kappa shape index (κ2) is 5.55. The van der Waals surface area contributed by atoms with Crippen molar-refractivity contribution >= 4 is 21.5 Å². The van der Waals surface area contributed by atoms with Crippen molar-refractivity contribution in [2.75, 3.05) is 0 Å². The highest BCUT2D eigenvalue weighted by atomic mass is 14.2. The molecule has 4 aromatic rings. The van der Waals surface area contributed by atoms with Crippen LogP contribution in [-0.2, 0) is 6.42 Å². The Labute approximate surface area is 137 Å². The fourth-order valence-corrected chi connectivity index (χ4v) is 3.69. The summed E-state index contributed by atoms with van der Waals surface area (Å²) in [7, 11) is 0. The third-order valence-electron chi connectivity index (χ3n) is 4.80. The molecule has 0 heterocycles. The minimum absolute atomic E-state index is 1.04. The van der Waals surface area contributed by atoms with E-state index in [9.17, 15) is 0 Å². The van der Waals surface area contributed by atoms with E-state index in [0.29, 0.717) is 0 Å². The van der Waals surface area contributed by atoms with E-state index in [4.69, 9.17) is 0 Å². The summed E-state index contributed by atoms with van der Waals surface area (Å²) in [5, 5.41) is 5.35. The summed E-state index contributed by atoms with van der Waals surface area (Å²) >= 11 is 0. The molecule has 23 heavy (non-hydrogen) atoms. The standard InChI is InChI=1S/C23H20/c1-3-19-20-10-6-4-8-17(20)14-15-22(19)23-16(2)12-13-18-9-5-7-11-21(18)23/h4-15H,3H2,1-2H3. The zero-order chi connectivity index (χ0) is 15.8. The van der Waals surface area contributed by atoms with Crippen molar-refractivity contribution in [1.82, 2.24) is 0 Å². The van der Waals surface area contributed by atoms with Crippen molar-refractivity contribution in [3.05, 3.63) is 83.9 Å². The van der Waals surface area contributed by atoms with Gasteiger partial charge in [0.2, 0.25) is 0 Å². The van der Waals surface area contributed by atoms with Gasteiger partial charge in [0.25, 0.3) is 0 Å². The van der Waals surface area contributed by atoms with Crippen molar-refractivity contribution < 1.29 is 0 Å². The Morgan fingerprint density at radius 3 is 2.00 bits per heavy atom. The Morgan fingerprint density at radius 1 is 0.652 bits per heavy atom. The lowest BCUT2D eigenvalue weighted by Crippen LogP contribution is -1.93. The predicted octanol–water partition coefficient (Wildman–Crippen LogP) is 6.53. The highest BCUT2D eigenvalue weighted by molar-refractivity contribution is 6.02. The molecule has 112 valence electrons. The SMILES string of the molecule is CCc1c(-c2c(C)ccc3ccccc23)ccc2ccccc12. The molecule has 0 aliphatic carbocycles. The first kappa shape index (κ1) is 14.0. The van der Waals surface area contributed by atoms with Crippen molar-refractivity contribution in [2.24, 2.45) is 0 Å². The number of benzene rings is 4. The van der Waals surface area contributed by atoms with Gasteiger partial charge in [-0.2, -0.15) is 0 Å². The van der Waals surface area contributed by atoms with E-state index in [1.807, 2.05) is 0 Å². The Hall–Kier alpha value is -2.60. The summed E-state index contributed by atoms with van der Waals surface area (Å²) in [5.74, 6) is 0. The number of hydrogen-bond acceptors (Lipinski definition) is 0. The molecule has 0 aliphatic rings. The van der Waals surface area contributed by atoms with Gasteiger partial charge in [-0.05, 0) is 57.1 Å². The van der Waals surface area contributed by atoms with Crippen LogP contribution in [0.5, 0.6) is 0 Å². The van der Waals surface area contributed by atoms with E-state index in [-0.39, 0.29) is 0 Å². The fourth-order valence-electron chi connectivity index (χ4n) is 3.69. The molecule has 0 aromatic heterocycles. The quantitative estimate of drug-likeness (QED) is 0.394. The molecule has 0 aliphatic heterocycles. The van der Waals surface area contributed by atoms with E-state index in [2.05, 4.69) is 86.6 Å². The molecule has 0 bridgehead atoms. The molecule has 0 nitrogen and oxygen atoms in total. The van der Waals surface area contributed by atoms with Gasteiger partial charge in [-0.1, -0.05) is 79.7 Å². The van der Waals surface area contributed by atoms with Gasteiger partial charge < -0.3 is 0 Å². The van der Waals surface area contributed by atoms with E-state index >= 15 is 0 Å². The minimum atomic E-state index is 1.04. The maximum Gasteiger partial charge on any atom is -0.00731 e. The minimum Gasteiger partial charge on any atom is -0.0616 e. The molecule has 0 heteroatoms. The molecule has 0 saturated heterocycles. The second-order valence-corrected chi connectivity index (χ2v) is 6.14. The van der Waals surface area contributed by atoms with Crippen LogP contribution >= 0.6 is 0 Å². The predicted molar refractivity (Wildman–Crippen MR) is 101 cm³/mol. The maximum absolute atomic E-state index is 2.30. The Morgan fingerprint density at radius 2 is 1.26 bits per heavy atom. The first-order valence-electron chi connectivity index (χ1n) is 8.29.